The van der Waals surface area contributed by atoms with Crippen LogP contribution in [0.1, 0.15) is 11.1 Å². The van der Waals surface area contributed by atoms with E-state index in [1.54, 1.807) is 25.4 Å². The maximum atomic E-state index is 12.4. The van der Waals surface area contributed by atoms with Gasteiger partial charge in [0, 0.05) is 26.3 Å². The SMILES string of the molecule is COCCOc1ccc(NC(=O)N2CCc3ccccc3C2)cn1. The summed E-state index contributed by atoms with van der Waals surface area (Å²) in [7, 11) is 1.62. The molecular formula is C18H21N3O3. The van der Waals surface area contributed by atoms with Crippen molar-refractivity contribution in [1.82, 2.24) is 9.88 Å². The minimum atomic E-state index is -0.112. The molecule has 0 fully saturated rings. The average Bonchev–Trinajstić information content (AvgIpc) is 2.63. The number of aromatic nitrogens is 1. The van der Waals surface area contributed by atoms with E-state index in [2.05, 4.69) is 22.4 Å². The highest BCUT2D eigenvalue weighted by Crippen LogP contribution is 2.19. The number of nitrogens with zero attached hydrogens (tertiary/aromatic N) is 2. The molecule has 2 aromatic rings. The van der Waals surface area contributed by atoms with Crippen LogP contribution in [-0.2, 0) is 17.7 Å². The Morgan fingerprint density at radius 1 is 1.21 bits per heavy atom. The minimum absolute atomic E-state index is 0.112. The number of carbonyl (C=O) groups is 1. The lowest BCUT2D eigenvalue weighted by molar-refractivity contribution is 0.144. The molecular weight excluding hydrogens is 306 g/mol. The van der Waals surface area contributed by atoms with Gasteiger partial charge in [-0.25, -0.2) is 9.78 Å². The van der Waals surface area contributed by atoms with Gasteiger partial charge in [-0.1, -0.05) is 24.3 Å². The van der Waals surface area contributed by atoms with Crippen LogP contribution >= 0.6 is 0 Å². The number of hydrogen-bond donors (Lipinski definition) is 1. The van der Waals surface area contributed by atoms with Gasteiger partial charge in [0.25, 0.3) is 0 Å². The van der Waals surface area contributed by atoms with Gasteiger partial charge in [0.15, 0.2) is 0 Å². The van der Waals surface area contributed by atoms with Crippen molar-refractivity contribution in [3.8, 4) is 5.88 Å². The number of nitrogens with one attached hydrogen (secondary N) is 1. The zero-order valence-corrected chi connectivity index (χ0v) is 13.7. The Bertz CT molecular complexity index is 688. The van der Waals surface area contributed by atoms with E-state index in [-0.39, 0.29) is 6.03 Å². The number of ether oxygens (including phenoxy) is 2. The second kappa shape index (κ2) is 7.79. The van der Waals surface area contributed by atoms with Crippen molar-refractivity contribution in [3.63, 3.8) is 0 Å². The molecule has 0 saturated heterocycles. The maximum absolute atomic E-state index is 12.4. The quantitative estimate of drug-likeness (QED) is 0.858. The van der Waals surface area contributed by atoms with Gasteiger partial charge in [-0.15, -0.1) is 0 Å². The van der Waals surface area contributed by atoms with Gasteiger partial charge in [-0.3, -0.25) is 0 Å². The summed E-state index contributed by atoms with van der Waals surface area (Å²) < 4.78 is 10.3. The third-order valence-corrected chi connectivity index (χ3v) is 3.94. The Kier molecular flexibility index (Phi) is 5.28. The molecule has 24 heavy (non-hydrogen) atoms. The van der Waals surface area contributed by atoms with Gasteiger partial charge in [0.2, 0.25) is 5.88 Å². The highest BCUT2D eigenvalue weighted by molar-refractivity contribution is 5.89. The van der Waals surface area contributed by atoms with Crippen LogP contribution in [0.15, 0.2) is 42.6 Å². The molecule has 1 N–H and O–H groups in total. The van der Waals surface area contributed by atoms with Crippen molar-refractivity contribution < 1.29 is 14.3 Å². The molecule has 0 unspecified atom stereocenters. The number of carbonyl (C=O) groups excluding carboxylic acids is 1. The van der Waals surface area contributed by atoms with E-state index in [9.17, 15) is 4.79 Å². The van der Waals surface area contributed by atoms with E-state index >= 15 is 0 Å². The van der Waals surface area contributed by atoms with Crippen molar-refractivity contribution in [3.05, 3.63) is 53.7 Å². The number of amides is 2. The third kappa shape index (κ3) is 4.02. The Hall–Kier alpha value is -2.60. The molecule has 6 heteroatoms. The Morgan fingerprint density at radius 2 is 2.04 bits per heavy atom. The second-order valence-electron chi connectivity index (χ2n) is 5.60. The summed E-state index contributed by atoms with van der Waals surface area (Å²) in [6.07, 6.45) is 2.48. The van der Waals surface area contributed by atoms with Crippen molar-refractivity contribution in [2.75, 3.05) is 32.2 Å². The number of pyridine rings is 1. The Labute approximate surface area is 141 Å². The Morgan fingerprint density at radius 3 is 2.79 bits per heavy atom. The van der Waals surface area contributed by atoms with Crippen LogP contribution in [0.4, 0.5) is 10.5 Å². The average molecular weight is 327 g/mol. The number of fused-ring (bicyclic) bond motifs is 1. The first-order valence-corrected chi connectivity index (χ1v) is 7.97. The first-order chi connectivity index (χ1) is 11.8. The van der Waals surface area contributed by atoms with Crippen LogP contribution in [0.25, 0.3) is 0 Å². The van der Waals surface area contributed by atoms with E-state index in [4.69, 9.17) is 9.47 Å². The van der Waals surface area contributed by atoms with E-state index in [0.717, 1.165) is 6.42 Å². The van der Waals surface area contributed by atoms with Gasteiger partial charge in [0.1, 0.15) is 6.61 Å². The van der Waals surface area contributed by atoms with Crippen LogP contribution in [-0.4, -0.2) is 42.8 Å². The molecule has 2 heterocycles. The smallest absolute Gasteiger partial charge is 0.322 e. The zero-order chi connectivity index (χ0) is 16.8. The van der Waals surface area contributed by atoms with Gasteiger partial charge in [-0.05, 0) is 23.6 Å². The molecule has 3 rings (SSSR count). The van der Waals surface area contributed by atoms with Crippen molar-refractivity contribution in [2.45, 2.75) is 13.0 Å². The van der Waals surface area contributed by atoms with Crippen LogP contribution in [0.3, 0.4) is 0 Å². The summed E-state index contributed by atoms with van der Waals surface area (Å²) in [6.45, 7) is 2.31. The molecule has 1 aliphatic rings. The molecule has 0 saturated carbocycles. The van der Waals surface area contributed by atoms with E-state index in [1.807, 2.05) is 17.0 Å². The largest absolute Gasteiger partial charge is 0.475 e. The van der Waals surface area contributed by atoms with E-state index < -0.39 is 0 Å². The molecule has 0 aliphatic carbocycles. The predicted octanol–water partition coefficient (Wildman–Crippen LogP) is 2.70. The van der Waals surface area contributed by atoms with Crippen LogP contribution in [0.5, 0.6) is 5.88 Å². The molecule has 0 bridgehead atoms. The third-order valence-electron chi connectivity index (χ3n) is 3.94. The summed E-state index contributed by atoms with van der Waals surface area (Å²) in [6, 6.07) is 11.6. The summed E-state index contributed by atoms with van der Waals surface area (Å²) in [5.41, 5.74) is 3.18. The van der Waals surface area contributed by atoms with Gasteiger partial charge in [0.05, 0.1) is 18.5 Å². The highest BCUT2D eigenvalue weighted by Gasteiger charge is 2.20. The molecule has 2 amide bonds. The normalized spacial score (nSPS) is 13.3. The predicted molar refractivity (Wildman–Crippen MR) is 91.2 cm³/mol. The van der Waals surface area contributed by atoms with E-state index in [0.29, 0.717) is 37.9 Å². The lowest BCUT2D eigenvalue weighted by atomic mass is 10.0. The summed E-state index contributed by atoms with van der Waals surface area (Å²) in [5.74, 6) is 0.511. The van der Waals surface area contributed by atoms with Crippen LogP contribution < -0.4 is 10.1 Å². The highest BCUT2D eigenvalue weighted by atomic mass is 16.5. The number of anilines is 1. The number of benzene rings is 1. The summed E-state index contributed by atoms with van der Waals surface area (Å²) in [4.78, 5) is 18.4. The first-order valence-electron chi connectivity index (χ1n) is 7.97. The fraction of sp³-hybridized carbons (Fsp3) is 0.333. The van der Waals surface area contributed by atoms with Gasteiger partial charge < -0.3 is 19.7 Å². The molecule has 0 radical (unpaired) electrons. The molecule has 0 atom stereocenters. The topological polar surface area (TPSA) is 63.7 Å². The fourth-order valence-electron chi connectivity index (χ4n) is 2.64. The standard InChI is InChI=1S/C18H21N3O3/c1-23-10-11-24-17-7-6-16(12-19-17)20-18(22)21-9-8-14-4-2-3-5-15(14)13-21/h2-7,12H,8-11,13H2,1H3,(H,20,22). The number of hydrogen-bond acceptors (Lipinski definition) is 4. The zero-order valence-electron chi connectivity index (χ0n) is 13.7. The van der Waals surface area contributed by atoms with Crippen LogP contribution in [0.2, 0.25) is 0 Å². The van der Waals surface area contributed by atoms with E-state index in [1.165, 1.54) is 11.1 Å². The minimum Gasteiger partial charge on any atom is -0.475 e. The number of rotatable bonds is 5. The van der Waals surface area contributed by atoms with Gasteiger partial charge >= 0.3 is 6.03 Å². The molecule has 1 aliphatic heterocycles. The van der Waals surface area contributed by atoms with Crippen molar-refractivity contribution >= 4 is 11.7 Å². The maximum Gasteiger partial charge on any atom is 0.322 e. The molecule has 1 aromatic heterocycles. The van der Waals surface area contributed by atoms with Crippen LogP contribution in [0, 0.1) is 0 Å². The second-order valence-corrected chi connectivity index (χ2v) is 5.60. The molecule has 126 valence electrons. The van der Waals surface area contributed by atoms with Gasteiger partial charge in [-0.2, -0.15) is 0 Å². The molecule has 6 nitrogen and oxygen atoms in total. The number of methoxy groups -OCH3 is 1. The summed E-state index contributed by atoms with van der Waals surface area (Å²) in [5, 5.41) is 2.88. The molecule has 0 spiro atoms. The van der Waals surface area contributed by atoms with Crippen molar-refractivity contribution in [2.24, 2.45) is 0 Å². The lowest BCUT2D eigenvalue weighted by Crippen LogP contribution is -2.38. The molecule has 1 aromatic carbocycles. The summed E-state index contributed by atoms with van der Waals surface area (Å²) >= 11 is 0. The lowest BCUT2D eigenvalue weighted by Gasteiger charge is -2.28. The first kappa shape index (κ1) is 16.3. The fourth-order valence-corrected chi connectivity index (χ4v) is 2.64. The van der Waals surface area contributed by atoms with Crippen molar-refractivity contribution in [1.29, 1.82) is 0 Å². The monoisotopic (exact) mass is 327 g/mol. The number of urea groups is 1. The Balaban J connectivity index is 1.55.